The summed E-state index contributed by atoms with van der Waals surface area (Å²) in [4.78, 5) is 34.0. The van der Waals surface area contributed by atoms with Gasteiger partial charge in [0, 0.05) is 32.1 Å². The highest BCUT2D eigenvalue weighted by atomic mass is 16.5. The van der Waals surface area contributed by atoms with Crippen molar-refractivity contribution in [3.8, 4) is 5.75 Å². The van der Waals surface area contributed by atoms with Crippen LogP contribution in [0.4, 0.5) is 0 Å². The number of carbonyl (C=O) groups is 2. The van der Waals surface area contributed by atoms with Crippen LogP contribution in [0.3, 0.4) is 0 Å². The molecule has 30 heavy (non-hydrogen) atoms. The SMILES string of the molecule is COc1ccccc1C(=O)N1CCC(c2nc(C(=O)N3CCCCC3)c(C)o2)CC1. The maximum absolute atomic E-state index is 12.9. The zero-order chi connectivity index (χ0) is 21.1. The summed E-state index contributed by atoms with van der Waals surface area (Å²) in [6.45, 7) is 4.65. The van der Waals surface area contributed by atoms with E-state index in [4.69, 9.17) is 9.15 Å². The van der Waals surface area contributed by atoms with Crippen molar-refractivity contribution in [2.24, 2.45) is 0 Å². The number of ether oxygens (including phenoxy) is 1. The number of aryl methyl sites for hydroxylation is 1. The van der Waals surface area contributed by atoms with E-state index in [1.807, 2.05) is 28.9 Å². The third-order valence-electron chi connectivity index (χ3n) is 6.13. The van der Waals surface area contributed by atoms with E-state index >= 15 is 0 Å². The number of likely N-dealkylation sites (tertiary alicyclic amines) is 2. The summed E-state index contributed by atoms with van der Waals surface area (Å²) < 4.78 is 11.2. The van der Waals surface area contributed by atoms with Crippen LogP contribution in [0, 0.1) is 6.92 Å². The van der Waals surface area contributed by atoms with Gasteiger partial charge in [-0.1, -0.05) is 12.1 Å². The Bertz CT molecular complexity index is 909. The van der Waals surface area contributed by atoms with Gasteiger partial charge >= 0.3 is 0 Å². The Hall–Kier alpha value is -2.83. The molecule has 3 heterocycles. The van der Waals surface area contributed by atoms with Gasteiger partial charge in [-0.15, -0.1) is 0 Å². The van der Waals surface area contributed by atoms with Gasteiger partial charge in [0.05, 0.1) is 12.7 Å². The Morgan fingerprint density at radius 2 is 1.67 bits per heavy atom. The smallest absolute Gasteiger partial charge is 0.276 e. The molecule has 7 nitrogen and oxygen atoms in total. The minimum Gasteiger partial charge on any atom is -0.496 e. The molecule has 0 N–H and O–H groups in total. The van der Waals surface area contributed by atoms with Crippen LogP contribution in [0.5, 0.6) is 5.75 Å². The standard InChI is InChI=1S/C23H29N3O4/c1-16-20(23(28)25-12-6-3-7-13-25)24-21(30-16)17-10-14-26(15-11-17)22(27)18-8-4-5-9-19(18)29-2/h4-5,8-9,17H,3,6-7,10-15H2,1-2H3. The lowest BCUT2D eigenvalue weighted by atomic mass is 9.96. The van der Waals surface area contributed by atoms with Crippen LogP contribution < -0.4 is 4.74 Å². The van der Waals surface area contributed by atoms with Crippen molar-refractivity contribution in [2.45, 2.75) is 44.9 Å². The van der Waals surface area contributed by atoms with E-state index in [1.54, 1.807) is 19.2 Å². The molecule has 0 atom stereocenters. The molecule has 7 heteroatoms. The minimum atomic E-state index is -0.0222. The summed E-state index contributed by atoms with van der Waals surface area (Å²) in [6, 6.07) is 7.30. The number of amides is 2. The Balaban J connectivity index is 1.41. The molecule has 4 rings (SSSR count). The zero-order valence-corrected chi connectivity index (χ0v) is 17.7. The van der Waals surface area contributed by atoms with Gasteiger partial charge in [0.15, 0.2) is 11.6 Å². The van der Waals surface area contributed by atoms with Crippen molar-refractivity contribution in [1.82, 2.24) is 14.8 Å². The number of rotatable bonds is 4. The Morgan fingerprint density at radius 1 is 1.00 bits per heavy atom. The normalized spacial score (nSPS) is 17.8. The molecule has 2 aliphatic heterocycles. The van der Waals surface area contributed by atoms with Crippen LogP contribution in [0.2, 0.25) is 0 Å². The number of aromatic nitrogens is 1. The second-order valence-electron chi connectivity index (χ2n) is 8.08. The van der Waals surface area contributed by atoms with E-state index in [-0.39, 0.29) is 17.7 Å². The topological polar surface area (TPSA) is 75.9 Å². The minimum absolute atomic E-state index is 0.0181. The van der Waals surface area contributed by atoms with E-state index in [1.165, 1.54) is 6.42 Å². The van der Waals surface area contributed by atoms with Crippen molar-refractivity contribution in [1.29, 1.82) is 0 Å². The zero-order valence-electron chi connectivity index (χ0n) is 17.7. The van der Waals surface area contributed by atoms with Gasteiger partial charge in [-0.05, 0) is 51.2 Å². The first-order chi connectivity index (χ1) is 14.6. The number of carbonyl (C=O) groups excluding carboxylic acids is 2. The van der Waals surface area contributed by atoms with Crippen molar-refractivity contribution in [3.05, 3.63) is 47.2 Å². The fourth-order valence-electron chi connectivity index (χ4n) is 4.36. The summed E-state index contributed by atoms with van der Waals surface area (Å²) >= 11 is 0. The number of para-hydroxylation sites is 1. The molecule has 2 aliphatic rings. The Kier molecular flexibility index (Phi) is 6.06. The average Bonchev–Trinajstić information content (AvgIpc) is 3.20. The first kappa shape index (κ1) is 20.4. The first-order valence-corrected chi connectivity index (χ1v) is 10.8. The van der Waals surface area contributed by atoms with E-state index in [2.05, 4.69) is 4.98 Å². The summed E-state index contributed by atoms with van der Waals surface area (Å²) in [5, 5.41) is 0. The molecule has 2 amide bonds. The van der Waals surface area contributed by atoms with E-state index < -0.39 is 0 Å². The Morgan fingerprint density at radius 3 is 2.37 bits per heavy atom. The number of benzene rings is 1. The molecule has 0 radical (unpaired) electrons. The van der Waals surface area contributed by atoms with Crippen molar-refractivity contribution in [3.63, 3.8) is 0 Å². The maximum atomic E-state index is 12.9. The molecule has 0 saturated carbocycles. The van der Waals surface area contributed by atoms with E-state index in [0.29, 0.717) is 41.7 Å². The highest BCUT2D eigenvalue weighted by Crippen LogP contribution is 2.31. The molecule has 0 unspecified atom stereocenters. The predicted molar refractivity (Wildman–Crippen MR) is 112 cm³/mol. The van der Waals surface area contributed by atoms with Crippen LogP contribution >= 0.6 is 0 Å². The number of hydrogen-bond donors (Lipinski definition) is 0. The molecule has 2 fully saturated rings. The van der Waals surface area contributed by atoms with Gasteiger partial charge in [-0.25, -0.2) is 4.98 Å². The van der Waals surface area contributed by atoms with Crippen molar-refractivity contribution < 1.29 is 18.7 Å². The van der Waals surface area contributed by atoms with Crippen LogP contribution in [-0.4, -0.2) is 59.9 Å². The second-order valence-corrected chi connectivity index (χ2v) is 8.08. The highest BCUT2D eigenvalue weighted by Gasteiger charge is 2.31. The third kappa shape index (κ3) is 4.06. The summed E-state index contributed by atoms with van der Waals surface area (Å²) in [6.07, 6.45) is 4.80. The first-order valence-electron chi connectivity index (χ1n) is 10.8. The van der Waals surface area contributed by atoms with Gasteiger partial charge < -0.3 is 19.0 Å². The van der Waals surface area contributed by atoms with Gasteiger partial charge in [-0.2, -0.15) is 0 Å². The lowest BCUT2D eigenvalue weighted by molar-refractivity contribution is 0.0701. The van der Waals surface area contributed by atoms with Crippen LogP contribution in [-0.2, 0) is 0 Å². The lowest BCUT2D eigenvalue weighted by Gasteiger charge is -2.31. The quantitative estimate of drug-likeness (QED) is 0.768. The van der Waals surface area contributed by atoms with Crippen molar-refractivity contribution >= 4 is 11.8 Å². The third-order valence-corrected chi connectivity index (χ3v) is 6.13. The average molecular weight is 412 g/mol. The number of piperidine rings is 2. The Labute approximate surface area is 177 Å². The van der Waals surface area contributed by atoms with Gasteiger partial charge in [0.2, 0.25) is 0 Å². The predicted octanol–water partition coefficient (Wildman–Crippen LogP) is 3.64. The molecule has 0 bridgehead atoms. The molecule has 2 aromatic rings. The number of oxazole rings is 1. The molecule has 1 aromatic heterocycles. The van der Waals surface area contributed by atoms with Crippen LogP contribution in [0.15, 0.2) is 28.7 Å². The number of methoxy groups -OCH3 is 1. The monoisotopic (exact) mass is 411 g/mol. The molecular formula is C23H29N3O4. The van der Waals surface area contributed by atoms with Gasteiger partial charge in [-0.3, -0.25) is 9.59 Å². The summed E-state index contributed by atoms with van der Waals surface area (Å²) in [7, 11) is 1.58. The van der Waals surface area contributed by atoms with Crippen LogP contribution in [0.25, 0.3) is 0 Å². The largest absolute Gasteiger partial charge is 0.496 e. The molecule has 2 saturated heterocycles. The molecular weight excluding hydrogens is 382 g/mol. The van der Waals surface area contributed by atoms with Gasteiger partial charge in [0.1, 0.15) is 11.5 Å². The summed E-state index contributed by atoms with van der Waals surface area (Å²) in [5.74, 6) is 1.88. The molecule has 0 spiro atoms. The lowest BCUT2D eigenvalue weighted by Crippen LogP contribution is -2.38. The van der Waals surface area contributed by atoms with E-state index in [0.717, 1.165) is 38.8 Å². The van der Waals surface area contributed by atoms with E-state index in [9.17, 15) is 9.59 Å². The fourth-order valence-corrected chi connectivity index (χ4v) is 4.36. The molecule has 0 aliphatic carbocycles. The van der Waals surface area contributed by atoms with Crippen molar-refractivity contribution in [2.75, 3.05) is 33.3 Å². The van der Waals surface area contributed by atoms with Gasteiger partial charge in [0.25, 0.3) is 11.8 Å². The second kappa shape index (κ2) is 8.90. The fraction of sp³-hybridized carbons (Fsp3) is 0.522. The summed E-state index contributed by atoms with van der Waals surface area (Å²) in [5.41, 5.74) is 1.03. The number of nitrogens with zero attached hydrogens (tertiary/aromatic N) is 3. The van der Waals surface area contributed by atoms with Crippen LogP contribution in [0.1, 0.15) is 70.5 Å². The maximum Gasteiger partial charge on any atom is 0.276 e. The molecule has 160 valence electrons. The number of hydrogen-bond acceptors (Lipinski definition) is 5. The molecule has 1 aromatic carbocycles. The highest BCUT2D eigenvalue weighted by molar-refractivity contribution is 5.97.